The number of pyridine rings is 2. The zero-order chi connectivity index (χ0) is 23.5. The summed E-state index contributed by atoms with van der Waals surface area (Å²) in [4.78, 5) is 25.0. The minimum atomic E-state index is -0.222. The number of aliphatic hydroxyl groups excluding tert-OH is 1. The van der Waals surface area contributed by atoms with Gasteiger partial charge in [-0.05, 0) is 43.2 Å². The van der Waals surface area contributed by atoms with Gasteiger partial charge in [0.2, 0.25) is 0 Å². The lowest BCUT2D eigenvalue weighted by Gasteiger charge is -2.29. The second kappa shape index (κ2) is 9.80. The van der Waals surface area contributed by atoms with Crippen molar-refractivity contribution in [1.82, 2.24) is 15.0 Å². The lowest BCUT2D eigenvalue weighted by molar-refractivity contribution is -0.0223. The van der Waals surface area contributed by atoms with Gasteiger partial charge in [-0.15, -0.1) is 0 Å². The Morgan fingerprint density at radius 3 is 2.85 bits per heavy atom. The van der Waals surface area contributed by atoms with Crippen molar-refractivity contribution in [1.29, 1.82) is 0 Å². The van der Waals surface area contributed by atoms with Crippen LogP contribution in [0.1, 0.15) is 28.8 Å². The van der Waals surface area contributed by atoms with Gasteiger partial charge in [0.05, 0.1) is 41.5 Å². The number of carbonyl (C=O) groups excluding carboxylic acids is 1. The highest BCUT2D eigenvalue weighted by Crippen LogP contribution is 2.32. The Labute approximate surface area is 200 Å². The molecule has 1 aromatic carbocycles. The third-order valence-electron chi connectivity index (χ3n) is 5.81. The molecule has 34 heavy (non-hydrogen) atoms. The molecular weight excluding hydrogens is 456 g/mol. The van der Waals surface area contributed by atoms with Crippen LogP contribution >= 0.6 is 11.6 Å². The largest absolute Gasteiger partial charge is 0.456 e. The van der Waals surface area contributed by atoms with Crippen molar-refractivity contribution in [3.05, 3.63) is 77.3 Å². The third-order valence-corrected chi connectivity index (χ3v) is 6.12. The highest BCUT2D eigenvalue weighted by molar-refractivity contribution is 6.35. The number of nitrogens with one attached hydrogen (secondary N) is 2. The fourth-order valence-corrected chi connectivity index (χ4v) is 4.33. The van der Waals surface area contributed by atoms with Crippen LogP contribution in [0.5, 0.6) is 11.5 Å². The Hall–Kier alpha value is -3.46. The number of anilines is 1. The monoisotopic (exact) mass is 478 g/mol. The summed E-state index contributed by atoms with van der Waals surface area (Å²) in [6, 6.07) is 10.4. The minimum absolute atomic E-state index is 0.0233. The fourth-order valence-electron chi connectivity index (χ4n) is 4.07. The van der Waals surface area contributed by atoms with Crippen molar-refractivity contribution in [2.45, 2.75) is 25.0 Å². The molecule has 0 unspecified atom stereocenters. The molecule has 0 amide bonds. The molecule has 0 aliphatic carbocycles. The van der Waals surface area contributed by atoms with Crippen molar-refractivity contribution in [2.75, 3.05) is 18.5 Å². The van der Waals surface area contributed by atoms with Crippen LogP contribution < -0.4 is 10.1 Å². The summed E-state index contributed by atoms with van der Waals surface area (Å²) in [5.41, 5.74) is 2.23. The van der Waals surface area contributed by atoms with E-state index >= 15 is 0 Å². The van der Waals surface area contributed by atoms with Crippen LogP contribution in [0.25, 0.3) is 11.0 Å². The highest BCUT2D eigenvalue weighted by Gasteiger charge is 2.24. The zero-order valence-electron chi connectivity index (χ0n) is 18.2. The standard InChI is InChI=1S/C25H23ClN4O4/c26-21-10-16(34-17-2-1-8-27-11-17)5-6-19(21)24(32)20-12-29-25-23(20)22(7-9-28-25)30-15-3-4-18(13-31)33-14-15/h1-2,5-12,15,18,31H,3-4,13-14H2,(H2,28,29,30)/t15-,18+/m1/s1. The van der Waals surface area contributed by atoms with E-state index < -0.39 is 0 Å². The number of rotatable bonds is 7. The fraction of sp³-hybridized carbons (Fsp3) is 0.240. The van der Waals surface area contributed by atoms with Crippen molar-refractivity contribution in [2.24, 2.45) is 0 Å². The Kier molecular flexibility index (Phi) is 6.44. The number of ketones is 1. The van der Waals surface area contributed by atoms with E-state index in [2.05, 4.69) is 20.3 Å². The minimum Gasteiger partial charge on any atom is -0.456 e. The first-order valence-corrected chi connectivity index (χ1v) is 11.4. The predicted molar refractivity (Wildman–Crippen MR) is 129 cm³/mol. The molecule has 3 aromatic heterocycles. The molecule has 0 radical (unpaired) electrons. The predicted octanol–water partition coefficient (Wildman–Crippen LogP) is 4.59. The summed E-state index contributed by atoms with van der Waals surface area (Å²) in [6.45, 7) is 0.502. The first kappa shape index (κ1) is 22.3. The van der Waals surface area contributed by atoms with E-state index in [0.29, 0.717) is 40.3 Å². The first-order chi connectivity index (χ1) is 16.6. The van der Waals surface area contributed by atoms with Crippen LogP contribution in [0, 0.1) is 0 Å². The molecule has 1 fully saturated rings. The molecule has 0 spiro atoms. The number of benzene rings is 1. The summed E-state index contributed by atoms with van der Waals surface area (Å²) in [5, 5.41) is 13.7. The summed E-state index contributed by atoms with van der Waals surface area (Å²) >= 11 is 6.49. The quantitative estimate of drug-likeness (QED) is 0.333. The number of aromatic amines is 1. The van der Waals surface area contributed by atoms with Crippen LogP contribution in [0.3, 0.4) is 0 Å². The SMILES string of the molecule is O=C(c1ccc(Oc2cccnc2)cc1Cl)c1c[nH]c2nccc(N[C@@H]3CC[C@@H](CO)OC3)c12. The van der Waals surface area contributed by atoms with Crippen LogP contribution in [-0.2, 0) is 4.74 Å². The maximum atomic E-state index is 13.5. The highest BCUT2D eigenvalue weighted by atomic mass is 35.5. The molecule has 1 aliphatic rings. The number of H-pyrrole nitrogens is 1. The second-order valence-corrected chi connectivity index (χ2v) is 8.51. The maximum absolute atomic E-state index is 13.5. The Balaban J connectivity index is 1.40. The Morgan fingerprint density at radius 1 is 1.21 bits per heavy atom. The Bertz CT molecular complexity index is 1300. The van der Waals surface area contributed by atoms with Crippen LogP contribution in [0.15, 0.2) is 61.2 Å². The molecule has 4 aromatic rings. The second-order valence-electron chi connectivity index (χ2n) is 8.10. The van der Waals surface area contributed by atoms with E-state index in [-0.39, 0.29) is 29.6 Å². The van der Waals surface area contributed by atoms with E-state index in [1.54, 1.807) is 55.1 Å². The van der Waals surface area contributed by atoms with Gasteiger partial charge >= 0.3 is 0 Å². The maximum Gasteiger partial charge on any atom is 0.196 e. The van der Waals surface area contributed by atoms with Crippen molar-refractivity contribution >= 4 is 34.1 Å². The van der Waals surface area contributed by atoms with E-state index in [1.165, 1.54) is 0 Å². The molecule has 3 N–H and O–H groups in total. The van der Waals surface area contributed by atoms with Gasteiger partial charge in [0.1, 0.15) is 17.1 Å². The Morgan fingerprint density at radius 2 is 2.12 bits per heavy atom. The molecule has 2 atom stereocenters. The van der Waals surface area contributed by atoms with Crippen LogP contribution in [0.4, 0.5) is 5.69 Å². The summed E-state index contributed by atoms with van der Waals surface area (Å²) in [5.74, 6) is 0.865. The lowest BCUT2D eigenvalue weighted by atomic mass is 10.0. The number of carbonyl (C=O) groups is 1. The van der Waals surface area contributed by atoms with Crippen molar-refractivity contribution in [3.63, 3.8) is 0 Å². The molecular formula is C25H23ClN4O4. The van der Waals surface area contributed by atoms with Gasteiger partial charge in [-0.25, -0.2) is 4.98 Å². The van der Waals surface area contributed by atoms with Crippen LogP contribution in [0.2, 0.25) is 5.02 Å². The number of nitrogens with zero attached hydrogens (tertiary/aromatic N) is 2. The van der Waals surface area contributed by atoms with Gasteiger partial charge in [-0.1, -0.05) is 11.6 Å². The molecule has 4 heterocycles. The number of hydrogen-bond acceptors (Lipinski definition) is 7. The zero-order valence-corrected chi connectivity index (χ0v) is 19.0. The number of hydrogen-bond donors (Lipinski definition) is 3. The summed E-state index contributed by atoms with van der Waals surface area (Å²) < 4.78 is 11.4. The van der Waals surface area contributed by atoms with Gasteiger partial charge in [0, 0.05) is 41.9 Å². The third kappa shape index (κ3) is 4.61. The van der Waals surface area contributed by atoms with Gasteiger partial charge in [-0.3, -0.25) is 9.78 Å². The molecule has 1 saturated heterocycles. The van der Waals surface area contributed by atoms with Gasteiger partial charge in [-0.2, -0.15) is 0 Å². The van der Waals surface area contributed by atoms with E-state index in [9.17, 15) is 9.90 Å². The topological polar surface area (TPSA) is 109 Å². The smallest absolute Gasteiger partial charge is 0.196 e. The summed E-state index contributed by atoms with van der Waals surface area (Å²) in [7, 11) is 0. The van der Waals surface area contributed by atoms with Gasteiger partial charge in [0.15, 0.2) is 5.78 Å². The molecule has 1 aliphatic heterocycles. The molecule has 0 bridgehead atoms. The van der Waals surface area contributed by atoms with Gasteiger partial charge in [0.25, 0.3) is 0 Å². The number of fused-ring (bicyclic) bond motifs is 1. The molecule has 174 valence electrons. The van der Waals surface area contributed by atoms with E-state index in [4.69, 9.17) is 21.1 Å². The number of aliphatic hydroxyl groups is 1. The van der Waals surface area contributed by atoms with Gasteiger partial charge < -0.3 is 24.9 Å². The molecule has 5 rings (SSSR count). The molecule has 9 heteroatoms. The van der Waals surface area contributed by atoms with Crippen molar-refractivity contribution in [3.8, 4) is 11.5 Å². The number of aromatic nitrogens is 3. The van der Waals surface area contributed by atoms with E-state index in [1.807, 2.05) is 6.07 Å². The van der Waals surface area contributed by atoms with Crippen molar-refractivity contribution < 1.29 is 19.4 Å². The van der Waals surface area contributed by atoms with E-state index in [0.717, 1.165) is 18.5 Å². The van der Waals surface area contributed by atoms with Crippen LogP contribution in [-0.4, -0.2) is 51.2 Å². The normalized spacial score (nSPS) is 18.1. The number of ether oxygens (including phenoxy) is 2. The average Bonchev–Trinajstić information content (AvgIpc) is 3.30. The number of halogens is 1. The first-order valence-electron chi connectivity index (χ1n) is 11.0. The summed E-state index contributed by atoms with van der Waals surface area (Å²) in [6.07, 6.45) is 8.10. The molecule has 0 saturated carbocycles. The molecule has 8 nitrogen and oxygen atoms in total. The average molecular weight is 479 g/mol. The lowest BCUT2D eigenvalue weighted by Crippen LogP contribution is -2.36.